The highest BCUT2D eigenvalue weighted by Gasteiger charge is 2.16. The van der Waals surface area contributed by atoms with E-state index >= 15 is 0 Å². The second-order valence-corrected chi connectivity index (χ2v) is 7.10. The Balaban J connectivity index is 1.72. The molecule has 1 amide bonds. The Kier molecular flexibility index (Phi) is 6.19. The SMILES string of the molecule is CCn1c(SCC(=O)Nc2ccccc2Cl)nnc1-c1ccccc1Cl. The highest BCUT2D eigenvalue weighted by Crippen LogP contribution is 2.29. The van der Waals surface area contributed by atoms with E-state index in [0.29, 0.717) is 33.3 Å². The molecule has 0 saturated carbocycles. The van der Waals surface area contributed by atoms with Crippen LogP contribution in [0.3, 0.4) is 0 Å². The second-order valence-electron chi connectivity index (χ2n) is 5.35. The predicted octanol–water partition coefficient (Wildman–Crippen LogP) is 5.00. The first-order valence-electron chi connectivity index (χ1n) is 7.95. The van der Waals surface area contributed by atoms with E-state index in [2.05, 4.69) is 15.5 Å². The number of carbonyl (C=O) groups excluding carboxylic acids is 1. The zero-order chi connectivity index (χ0) is 18.5. The van der Waals surface area contributed by atoms with Gasteiger partial charge in [-0.1, -0.05) is 59.2 Å². The number of hydrogen-bond acceptors (Lipinski definition) is 4. The summed E-state index contributed by atoms with van der Waals surface area (Å²) in [5.74, 6) is 0.728. The molecule has 0 bridgehead atoms. The third-order valence-electron chi connectivity index (χ3n) is 3.63. The van der Waals surface area contributed by atoms with Crippen LogP contribution in [0.5, 0.6) is 0 Å². The molecule has 1 aromatic heterocycles. The van der Waals surface area contributed by atoms with Gasteiger partial charge in [-0.3, -0.25) is 4.79 Å². The van der Waals surface area contributed by atoms with Crippen molar-refractivity contribution in [1.82, 2.24) is 14.8 Å². The van der Waals surface area contributed by atoms with Crippen molar-refractivity contribution in [1.29, 1.82) is 0 Å². The van der Waals surface area contributed by atoms with Crippen LogP contribution in [0.2, 0.25) is 10.0 Å². The number of nitrogens with zero attached hydrogens (tertiary/aromatic N) is 3. The Morgan fingerprint density at radius 1 is 1.08 bits per heavy atom. The molecule has 0 radical (unpaired) electrons. The van der Waals surface area contributed by atoms with E-state index in [4.69, 9.17) is 23.2 Å². The second kappa shape index (κ2) is 8.58. The van der Waals surface area contributed by atoms with Gasteiger partial charge in [-0.2, -0.15) is 0 Å². The number of thioether (sulfide) groups is 1. The van der Waals surface area contributed by atoms with Crippen LogP contribution in [0.15, 0.2) is 53.7 Å². The molecule has 0 atom stereocenters. The van der Waals surface area contributed by atoms with Gasteiger partial charge in [-0.25, -0.2) is 0 Å². The molecule has 8 heteroatoms. The number of para-hydroxylation sites is 1. The van der Waals surface area contributed by atoms with E-state index in [1.165, 1.54) is 11.8 Å². The summed E-state index contributed by atoms with van der Waals surface area (Å²) < 4.78 is 1.94. The number of halogens is 2. The summed E-state index contributed by atoms with van der Waals surface area (Å²) in [4.78, 5) is 12.2. The van der Waals surface area contributed by atoms with Crippen LogP contribution in [0.25, 0.3) is 11.4 Å². The van der Waals surface area contributed by atoms with Crippen molar-refractivity contribution in [3.05, 3.63) is 58.6 Å². The van der Waals surface area contributed by atoms with Gasteiger partial charge in [0.2, 0.25) is 5.91 Å². The highest BCUT2D eigenvalue weighted by molar-refractivity contribution is 7.99. The molecule has 0 saturated heterocycles. The van der Waals surface area contributed by atoms with Crippen LogP contribution in [0, 0.1) is 0 Å². The molecule has 134 valence electrons. The molecule has 2 aromatic carbocycles. The van der Waals surface area contributed by atoms with E-state index < -0.39 is 0 Å². The Hall–Kier alpha value is -2.02. The fourth-order valence-electron chi connectivity index (χ4n) is 2.40. The van der Waals surface area contributed by atoms with Crippen LogP contribution in [-0.2, 0) is 11.3 Å². The fourth-order valence-corrected chi connectivity index (χ4v) is 3.61. The number of carbonyl (C=O) groups is 1. The van der Waals surface area contributed by atoms with Gasteiger partial charge in [0.05, 0.1) is 21.5 Å². The van der Waals surface area contributed by atoms with Gasteiger partial charge in [-0.05, 0) is 31.2 Å². The average molecular weight is 407 g/mol. The van der Waals surface area contributed by atoms with E-state index in [0.717, 1.165) is 5.56 Å². The topological polar surface area (TPSA) is 59.8 Å². The van der Waals surface area contributed by atoms with Gasteiger partial charge in [-0.15, -0.1) is 10.2 Å². The first-order valence-corrected chi connectivity index (χ1v) is 9.69. The van der Waals surface area contributed by atoms with Gasteiger partial charge in [0.15, 0.2) is 11.0 Å². The lowest BCUT2D eigenvalue weighted by Gasteiger charge is -2.09. The molecule has 3 rings (SSSR count). The van der Waals surface area contributed by atoms with Gasteiger partial charge in [0, 0.05) is 12.1 Å². The summed E-state index contributed by atoms with van der Waals surface area (Å²) in [6.45, 7) is 2.67. The van der Waals surface area contributed by atoms with Crippen molar-refractivity contribution in [2.75, 3.05) is 11.1 Å². The Morgan fingerprint density at radius 2 is 1.77 bits per heavy atom. The van der Waals surface area contributed by atoms with Crippen molar-refractivity contribution in [3.8, 4) is 11.4 Å². The number of rotatable bonds is 6. The van der Waals surface area contributed by atoms with Crippen LogP contribution in [0.1, 0.15) is 6.92 Å². The molecule has 0 fully saturated rings. The first-order chi connectivity index (χ1) is 12.6. The quantitative estimate of drug-likeness (QED) is 0.584. The number of nitrogens with one attached hydrogen (secondary N) is 1. The molecule has 5 nitrogen and oxygen atoms in total. The maximum Gasteiger partial charge on any atom is 0.234 e. The summed E-state index contributed by atoms with van der Waals surface area (Å²) >= 11 is 13.6. The predicted molar refractivity (Wildman–Crippen MR) is 107 cm³/mol. The Labute approximate surface area is 165 Å². The van der Waals surface area contributed by atoms with E-state index in [1.54, 1.807) is 12.1 Å². The Morgan fingerprint density at radius 3 is 2.46 bits per heavy atom. The normalized spacial score (nSPS) is 10.7. The summed E-state index contributed by atoms with van der Waals surface area (Å²) in [5.41, 5.74) is 1.41. The van der Waals surface area contributed by atoms with Crippen molar-refractivity contribution in [2.45, 2.75) is 18.6 Å². The minimum absolute atomic E-state index is 0.159. The van der Waals surface area contributed by atoms with Crippen LogP contribution in [-0.4, -0.2) is 26.4 Å². The van der Waals surface area contributed by atoms with Crippen molar-refractivity contribution >= 4 is 46.6 Å². The molecular weight excluding hydrogens is 391 g/mol. The van der Waals surface area contributed by atoms with E-state index in [-0.39, 0.29) is 11.7 Å². The van der Waals surface area contributed by atoms with E-state index in [9.17, 15) is 4.79 Å². The van der Waals surface area contributed by atoms with Gasteiger partial charge < -0.3 is 9.88 Å². The van der Waals surface area contributed by atoms with Crippen molar-refractivity contribution in [2.24, 2.45) is 0 Å². The average Bonchev–Trinajstić information content (AvgIpc) is 3.05. The number of benzene rings is 2. The lowest BCUT2D eigenvalue weighted by Crippen LogP contribution is -2.15. The van der Waals surface area contributed by atoms with E-state index in [1.807, 2.05) is 47.9 Å². The van der Waals surface area contributed by atoms with Crippen molar-refractivity contribution < 1.29 is 4.79 Å². The summed E-state index contributed by atoms with van der Waals surface area (Å²) in [6.07, 6.45) is 0. The summed E-state index contributed by atoms with van der Waals surface area (Å²) in [6, 6.07) is 14.6. The number of anilines is 1. The number of aromatic nitrogens is 3. The number of amides is 1. The zero-order valence-electron chi connectivity index (χ0n) is 13.9. The standard InChI is InChI=1S/C18H16Cl2N4OS/c1-2-24-17(12-7-3-4-8-13(12)19)22-23-18(24)26-11-16(25)21-15-10-6-5-9-14(15)20/h3-10H,2,11H2,1H3,(H,21,25). The monoisotopic (exact) mass is 406 g/mol. The Bertz CT molecular complexity index is 929. The zero-order valence-corrected chi connectivity index (χ0v) is 16.3. The van der Waals surface area contributed by atoms with Gasteiger partial charge >= 0.3 is 0 Å². The molecule has 0 aliphatic carbocycles. The maximum absolute atomic E-state index is 12.2. The molecule has 1 heterocycles. The molecule has 0 aliphatic heterocycles. The molecule has 1 N–H and O–H groups in total. The molecule has 3 aromatic rings. The van der Waals surface area contributed by atoms with Gasteiger partial charge in [0.25, 0.3) is 0 Å². The third kappa shape index (κ3) is 4.20. The van der Waals surface area contributed by atoms with Crippen LogP contribution in [0.4, 0.5) is 5.69 Å². The van der Waals surface area contributed by atoms with Crippen molar-refractivity contribution in [3.63, 3.8) is 0 Å². The minimum Gasteiger partial charge on any atom is -0.324 e. The number of hydrogen-bond donors (Lipinski definition) is 1. The molecular formula is C18H16Cl2N4OS. The fraction of sp³-hybridized carbons (Fsp3) is 0.167. The summed E-state index contributed by atoms with van der Waals surface area (Å²) in [7, 11) is 0. The van der Waals surface area contributed by atoms with Gasteiger partial charge in [0.1, 0.15) is 0 Å². The first kappa shape index (κ1) is 18.8. The highest BCUT2D eigenvalue weighted by atomic mass is 35.5. The molecule has 26 heavy (non-hydrogen) atoms. The molecule has 0 aliphatic rings. The van der Waals surface area contributed by atoms with Crippen LogP contribution >= 0.6 is 35.0 Å². The lowest BCUT2D eigenvalue weighted by atomic mass is 10.2. The third-order valence-corrected chi connectivity index (χ3v) is 5.25. The molecule has 0 spiro atoms. The smallest absolute Gasteiger partial charge is 0.234 e. The maximum atomic E-state index is 12.2. The van der Waals surface area contributed by atoms with Crippen LogP contribution < -0.4 is 5.32 Å². The minimum atomic E-state index is -0.159. The molecule has 0 unspecified atom stereocenters. The largest absolute Gasteiger partial charge is 0.324 e. The summed E-state index contributed by atoms with van der Waals surface area (Å²) in [5, 5.41) is 13.0. The lowest BCUT2D eigenvalue weighted by molar-refractivity contribution is -0.113.